The van der Waals surface area contributed by atoms with E-state index >= 15 is 0 Å². The Bertz CT molecular complexity index is 588. The van der Waals surface area contributed by atoms with Crippen LogP contribution in [-0.4, -0.2) is 5.84 Å². The second-order valence-electron chi connectivity index (χ2n) is 3.79. The van der Waals surface area contributed by atoms with Crippen molar-refractivity contribution in [2.45, 2.75) is 6.92 Å². The minimum atomic E-state index is -0.508. The summed E-state index contributed by atoms with van der Waals surface area (Å²) >= 11 is 11.2. The monoisotopic (exact) mass is 297 g/mol. The zero-order valence-electron chi connectivity index (χ0n) is 9.66. The molecule has 0 aliphatic carbocycles. The summed E-state index contributed by atoms with van der Waals surface area (Å²) in [6.07, 6.45) is 1.85. The van der Waals surface area contributed by atoms with Crippen molar-refractivity contribution in [3.05, 3.63) is 50.9 Å². The van der Waals surface area contributed by atoms with Crippen LogP contribution in [0.2, 0.25) is 5.02 Å². The molecule has 1 aromatic rings. The Balaban J connectivity index is 2.26. The molecule has 0 amide bonds. The van der Waals surface area contributed by atoms with Crippen LogP contribution >= 0.6 is 11.6 Å². The highest BCUT2D eigenvalue weighted by atomic mass is 35.5. The van der Waals surface area contributed by atoms with E-state index in [2.05, 4.69) is 5.32 Å². The van der Waals surface area contributed by atoms with E-state index in [1.165, 1.54) is 0 Å². The number of amidine groups is 1. The summed E-state index contributed by atoms with van der Waals surface area (Å²) < 4.78 is 0. The topological polar surface area (TPSA) is 61.9 Å². The average Bonchev–Trinajstić information content (AvgIpc) is 2.60. The van der Waals surface area contributed by atoms with Crippen molar-refractivity contribution in [3.63, 3.8) is 0 Å². The minimum Gasteiger partial charge on any atom is -0.383 e. The zero-order chi connectivity index (χ0) is 13.3. The van der Waals surface area contributed by atoms with Crippen molar-refractivity contribution >= 4 is 43.8 Å². The van der Waals surface area contributed by atoms with Crippen LogP contribution in [0.25, 0.3) is 0 Å². The maximum absolute atomic E-state index is 7.49. The molecule has 18 heavy (non-hydrogen) atoms. The van der Waals surface area contributed by atoms with Gasteiger partial charge in [0, 0.05) is 21.3 Å². The fraction of sp³-hybridized carbons (Fsp3) is 0.0833. The van der Waals surface area contributed by atoms with Crippen molar-refractivity contribution in [2.75, 3.05) is 5.32 Å². The molecule has 6 heteroatoms. The highest BCUT2D eigenvalue weighted by Crippen LogP contribution is 2.27. The standard InChI is InChI=1S/C12H12ClN3S2/c1-7-10(6-11(12(14)15)18(7)17)16-9-4-2-8(13)3-5-9/h2-6,16H,1H3,(H3,14,15). The van der Waals surface area contributed by atoms with Crippen molar-refractivity contribution in [2.24, 2.45) is 5.73 Å². The largest absolute Gasteiger partial charge is 0.383 e. The molecule has 1 aromatic carbocycles. The normalized spacial score (nSPS) is 18.8. The fourth-order valence-corrected chi connectivity index (χ4v) is 3.41. The molecule has 0 fully saturated rings. The van der Waals surface area contributed by atoms with Crippen molar-refractivity contribution < 1.29 is 0 Å². The lowest BCUT2D eigenvalue weighted by Gasteiger charge is -2.07. The Morgan fingerprint density at radius 2 is 2.00 bits per heavy atom. The SMILES string of the molecule is CC1=C(Nc2ccc(Cl)cc2)C=C(C(=N)N)S1=S. The molecule has 0 aromatic heterocycles. The summed E-state index contributed by atoms with van der Waals surface area (Å²) in [4.78, 5) is 1.74. The summed E-state index contributed by atoms with van der Waals surface area (Å²) in [5, 5.41) is 11.4. The Morgan fingerprint density at radius 3 is 2.50 bits per heavy atom. The van der Waals surface area contributed by atoms with Gasteiger partial charge in [0.1, 0.15) is 5.84 Å². The minimum absolute atomic E-state index is 0.0422. The molecule has 0 spiro atoms. The lowest BCUT2D eigenvalue weighted by atomic mass is 10.3. The van der Waals surface area contributed by atoms with Crippen LogP contribution in [0, 0.1) is 5.41 Å². The van der Waals surface area contributed by atoms with Crippen LogP contribution in [0.4, 0.5) is 5.69 Å². The number of rotatable bonds is 3. The second-order valence-corrected chi connectivity index (χ2v) is 6.82. The highest BCUT2D eigenvalue weighted by molar-refractivity contribution is 8.33. The molecule has 0 saturated carbocycles. The molecule has 1 aliphatic heterocycles. The number of halogens is 1. The first-order valence-corrected chi connectivity index (χ1v) is 7.73. The van der Waals surface area contributed by atoms with Crippen molar-refractivity contribution in [1.29, 1.82) is 5.41 Å². The van der Waals surface area contributed by atoms with Crippen molar-refractivity contribution in [3.8, 4) is 0 Å². The lowest BCUT2D eigenvalue weighted by Crippen LogP contribution is -2.14. The fourth-order valence-electron chi connectivity index (χ4n) is 1.54. The van der Waals surface area contributed by atoms with Crippen molar-refractivity contribution in [1.82, 2.24) is 0 Å². The van der Waals surface area contributed by atoms with Gasteiger partial charge in [-0.3, -0.25) is 5.41 Å². The number of hydrogen-bond donors (Lipinski definition) is 3. The zero-order valence-corrected chi connectivity index (χ0v) is 12.0. The van der Waals surface area contributed by atoms with Crippen LogP contribution < -0.4 is 11.1 Å². The van der Waals surface area contributed by atoms with Gasteiger partial charge in [0.25, 0.3) is 0 Å². The van der Waals surface area contributed by atoms with Crippen LogP contribution in [0.3, 0.4) is 0 Å². The molecule has 1 heterocycles. The third kappa shape index (κ3) is 2.63. The maximum atomic E-state index is 7.49. The first-order chi connectivity index (χ1) is 8.49. The van der Waals surface area contributed by atoms with E-state index in [0.29, 0.717) is 9.93 Å². The van der Waals surface area contributed by atoms with Gasteiger partial charge >= 0.3 is 0 Å². The van der Waals surface area contributed by atoms with Gasteiger partial charge < -0.3 is 11.1 Å². The van der Waals surface area contributed by atoms with Crippen LogP contribution in [0.5, 0.6) is 0 Å². The summed E-state index contributed by atoms with van der Waals surface area (Å²) in [6.45, 7) is 1.96. The van der Waals surface area contributed by atoms with Crippen LogP contribution in [0.15, 0.2) is 45.8 Å². The molecule has 4 N–H and O–H groups in total. The quantitative estimate of drug-likeness (QED) is 0.594. The predicted octanol–water partition coefficient (Wildman–Crippen LogP) is 2.90. The van der Waals surface area contributed by atoms with Gasteiger partial charge in [-0.15, -0.1) is 0 Å². The van der Waals surface area contributed by atoms with E-state index in [1.54, 1.807) is 0 Å². The third-order valence-electron chi connectivity index (χ3n) is 2.52. The molecular weight excluding hydrogens is 286 g/mol. The summed E-state index contributed by atoms with van der Waals surface area (Å²) in [5.74, 6) is 0.0422. The van der Waals surface area contributed by atoms with E-state index in [0.717, 1.165) is 16.3 Å². The van der Waals surface area contributed by atoms with Crippen LogP contribution in [-0.2, 0) is 20.6 Å². The smallest absolute Gasteiger partial charge is 0.130 e. The van der Waals surface area contributed by atoms with Gasteiger partial charge in [0.15, 0.2) is 0 Å². The van der Waals surface area contributed by atoms with Gasteiger partial charge in [-0.05, 0) is 48.5 Å². The molecule has 1 unspecified atom stereocenters. The molecule has 94 valence electrons. The van der Waals surface area contributed by atoms with Gasteiger partial charge in [-0.2, -0.15) is 0 Å². The molecule has 2 rings (SSSR count). The first-order valence-electron chi connectivity index (χ1n) is 5.20. The summed E-state index contributed by atoms with van der Waals surface area (Å²) in [7, 11) is -0.508. The van der Waals surface area contributed by atoms with Crippen LogP contribution in [0.1, 0.15) is 6.92 Å². The molecule has 3 nitrogen and oxygen atoms in total. The average molecular weight is 298 g/mol. The summed E-state index contributed by atoms with van der Waals surface area (Å²) in [5.41, 5.74) is 7.36. The van der Waals surface area contributed by atoms with E-state index in [4.69, 9.17) is 33.9 Å². The third-order valence-corrected chi connectivity index (χ3v) is 5.58. The number of hydrogen-bond acceptors (Lipinski definition) is 3. The van der Waals surface area contributed by atoms with E-state index in [-0.39, 0.29) is 5.84 Å². The lowest BCUT2D eigenvalue weighted by molar-refractivity contribution is 1.42. The Labute approximate surface area is 118 Å². The molecular formula is C12H12ClN3S2. The Morgan fingerprint density at radius 1 is 1.39 bits per heavy atom. The molecule has 0 radical (unpaired) electrons. The Kier molecular flexibility index (Phi) is 3.85. The highest BCUT2D eigenvalue weighted by Gasteiger charge is 2.19. The number of nitrogens with two attached hydrogens (primary N) is 1. The number of allylic oxidation sites excluding steroid dienone is 2. The molecule has 0 saturated heterocycles. The number of anilines is 1. The summed E-state index contributed by atoms with van der Waals surface area (Å²) in [6, 6.07) is 7.42. The first kappa shape index (κ1) is 13.3. The number of benzene rings is 1. The van der Waals surface area contributed by atoms with Gasteiger partial charge in [0.2, 0.25) is 0 Å². The Hall–Kier alpha value is -1.17. The van der Waals surface area contributed by atoms with Gasteiger partial charge in [0.05, 0.1) is 4.91 Å². The van der Waals surface area contributed by atoms with E-state index < -0.39 is 9.45 Å². The molecule has 0 bridgehead atoms. The van der Waals surface area contributed by atoms with E-state index in [9.17, 15) is 0 Å². The van der Waals surface area contributed by atoms with Gasteiger partial charge in [-0.25, -0.2) is 0 Å². The molecule has 1 aliphatic rings. The predicted molar refractivity (Wildman–Crippen MR) is 82.5 cm³/mol. The maximum Gasteiger partial charge on any atom is 0.130 e. The number of nitrogens with one attached hydrogen (secondary N) is 2. The second kappa shape index (κ2) is 5.22. The molecule has 1 atom stereocenters. The van der Waals surface area contributed by atoms with E-state index in [1.807, 2.05) is 37.3 Å². The van der Waals surface area contributed by atoms with Gasteiger partial charge in [-0.1, -0.05) is 21.1 Å².